The molecule has 2 atom stereocenters. The van der Waals surface area contributed by atoms with E-state index in [0.29, 0.717) is 0 Å². The fourth-order valence-corrected chi connectivity index (χ4v) is 2.03. The standard InChI is InChI=1S/C12H19N3O2/c1-4-15(9(2)7-12(16)17)10(3)11-8-13-5-6-14-11/h5-6,8-10H,4,7H2,1-3H3,(H,16,17). The molecule has 0 bridgehead atoms. The van der Waals surface area contributed by atoms with Gasteiger partial charge in [-0.2, -0.15) is 0 Å². The maximum absolute atomic E-state index is 10.7. The van der Waals surface area contributed by atoms with Crippen molar-refractivity contribution in [3.05, 3.63) is 24.3 Å². The smallest absolute Gasteiger partial charge is 0.304 e. The van der Waals surface area contributed by atoms with Crippen LogP contribution >= 0.6 is 0 Å². The van der Waals surface area contributed by atoms with E-state index in [0.717, 1.165) is 12.2 Å². The molecule has 0 radical (unpaired) electrons. The first-order valence-electron chi connectivity index (χ1n) is 5.79. The Morgan fingerprint density at radius 3 is 2.65 bits per heavy atom. The third kappa shape index (κ3) is 3.78. The van der Waals surface area contributed by atoms with Gasteiger partial charge in [-0.15, -0.1) is 0 Å². The van der Waals surface area contributed by atoms with Crippen LogP contribution in [0.2, 0.25) is 0 Å². The van der Waals surface area contributed by atoms with Crippen molar-refractivity contribution in [2.45, 2.75) is 39.3 Å². The molecule has 0 fully saturated rings. The molecule has 1 N–H and O–H groups in total. The van der Waals surface area contributed by atoms with Crippen molar-refractivity contribution in [2.75, 3.05) is 6.54 Å². The van der Waals surface area contributed by atoms with Crippen LogP contribution in [0.15, 0.2) is 18.6 Å². The Labute approximate surface area is 102 Å². The summed E-state index contributed by atoms with van der Waals surface area (Å²) in [6.45, 7) is 6.74. The first-order chi connectivity index (χ1) is 8.06. The van der Waals surface area contributed by atoms with Gasteiger partial charge < -0.3 is 5.11 Å². The van der Waals surface area contributed by atoms with Gasteiger partial charge in [0, 0.05) is 24.6 Å². The maximum atomic E-state index is 10.7. The van der Waals surface area contributed by atoms with E-state index < -0.39 is 5.97 Å². The molecule has 5 nitrogen and oxygen atoms in total. The van der Waals surface area contributed by atoms with Crippen LogP contribution < -0.4 is 0 Å². The first-order valence-corrected chi connectivity index (χ1v) is 5.79. The minimum Gasteiger partial charge on any atom is -0.481 e. The van der Waals surface area contributed by atoms with Gasteiger partial charge in [0.15, 0.2) is 0 Å². The number of carboxylic acid groups (broad SMARTS) is 1. The van der Waals surface area contributed by atoms with Crippen LogP contribution in [0.1, 0.15) is 38.9 Å². The summed E-state index contributed by atoms with van der Waals surface area (Å²) in [4.78, 5) is 21.1. The van der Waals surface area contributed by atoms with Crippen molar-refractivity contribution in [2.24, 2.45) is 0 Å². The second-order valence-electron chi connectivity index (χ2n) is 4.08. The zero-order chi connectivity index (χ0) is 12.8. The summed E-state index contributed by atoms with van der Waals surface area (Å²) in [7, 11) is 0. The SMILES string of the molecule is CCN(C(C)CC(=O)O)C(C)c1cnccn1. The third-order valence-corrected chi connectivity index (χ3v) is 2.91. The molecule has 0 amide bonds. The summed E-state index contributed by atoms with van der Waals surface area (Å²) in [5.74, 6) is -0.776. The van der Waals surface area contributed by atoms with Crippen molar-refractivity contribution < 1.29 is 9.90 Å². The van der Waals surface area contributed by atoms with Gasteiger partial charge in [-0.25, -0.2) is 0 Å². The number of hydrogen-bond acceptors (Lipinski definition) is 4. The summed E-state index contributed by atoms with van der Waals surface area (Å²) in [6.07, 6.45) is 5.15. The zero-order valence-corrected chi connectivity index (χ0v) is 10.5. The molecule has 0 saturated carbocycles. The molecule has 0 aromatic carbocycles. The lowest BCUT2D eigenvalue weighted by Crippen LogP contribution is -2.37. The Kier molecular flexibility index (Phi) is 5.03. The summed E-state index contributed by atoms with van der Waals surface area (Å²) >= 11 is 0. The van der Waals surface area contributed by atoms with E-state index in [-0.39, 0.29) is 18.5 Å². The molecular formula is C12H19N3O2. The fourth-order valence-electron chi connectivity index (χ4n) is 2.03. The molecule has 1 rings (SSSR count). The second kappa shape index (κ2) is 6.30. The largest absolute Gasteiger partial charge is 0.481 e. The molecule has 0 aliphatic carbocycles. The highest BCUT2D eigenvalue weighted by Gasteiger charge is 2.22. The van der Waals surface area contributed by atoms with Gasteiger partial charge in [-0.3, -0.25) is 19.7 Å². The Balaban J connectivity index is 2.76. The molecule has 2 unspecified atom stereocenters. The molecular weight excluding hydrogens is 218 g/mol. The molecule has 17 heavy (non-hydrogen) atoms. The molecule has 0 saturated heterocycles. The number of carbonyl (C=O) groups is 1. The summed E-state index contributed by atoms with van der Waals surface area (Å²) < 4.78 is 0. The van der Waals surface area contributed by atoms with Crippen molar-refractivity contribution in [1.29, 1.82) is 0 Å². The number of aromatic nitrogens is 2. The predicted octanol–water partition coefficient (Wildman–Crippen LogP) is 1.72. The van der Waals surface area contributed by atoms with E-state index in [1.807, 2.05) is 20.8 Å². The Morgan fingerprint density at radius 2 is 2.18 bits per heavy atom. The number of carboxylic acids is 1. The van der Waals surface area contributed by atoms with Crippen molar-refractivity contribution in [3.8, 4) is 0 Å². The lowest BCUT2D eigenvalue weighted by atomic mass is 10.1. The number of rotatable bonds is 6. The van der Waals surface area contributed by atoms with E-state index in [4.69, 9.17) is 5.11 Å². The molecule has 0 aliphatic heterocycles. The highest BCUT2D eigenvalue weighted by Crippen LogP contribution is 2.20. The van der Waals surface area contributed by atoms with Crippen LogP contribution in [0.5, 0.6) is 0 Å². The van der Waals surface area contributed by atoms with Crippen LogP contribution in [0.25, 0.3) is 0 Å². The summed E-state index contributed by atoms with van der Waals surface area (Å²) in [6, 6.07) is 0.0533. The van der Waals surface area contributed by atoms with Gasteiger partial charge in [-0.05, 0) is 20.4 Å². The van der Waals surface area contributed by atoms with E-state index in [1.165, 1.54) is 0 Å². The monoisotopic (exact) mass is 237 g/mol. The quantitative estimate of drug-likeness (QED) is 0.816. The Morgan fingerprint density at radius 1 is 1.47 bits per heavy atom. The number of hydrogen-bond donors (Lipinski definition) is 1. The number of nitrogens with zero attached hydrogens (tertiary/aromatic N) is 3. The minimum atomic E-state index is -0.776. The van der Waals surface area contributed by atoms with Crippen molar-refractivity contribution >= 4 is 5.97 Å². The van der Waals surface area contributed by atoms with E-state index in [2.05, 4.69) is 14.9 Å². The molecule has 94 valence electrons. The van der Waals surface area contributed by atoms with Crippen LogP contribution in [0.4, 0.5) is 0 Å². The second-order valence-corrected chi connectivity index (χ2v) is 4.08. The predicted molar refractivity (Wildman–Crippen MR) is 64.5 cm³/mol. The van der Waals surface area contributed by atoms with Crippen LogP contribution in [-0.4, -0.2) is 38.5 Å². The van der Waals surface area contributed by atoms with Gasteiger partial charge in [0.1, 0.15) is 0 Å². The van der Waals surface area contributed by atoms with Gasteiger partial charge in [-0.1, -0.05) is 6.92 Å². The Hall–Kier alpha value is -1.49. The van der Waals surface area contributed by atoms with Gasteiger partial charge in [0.25, 0.3) is 0 Å². The van der Waals surface area contributed by atoms with Crippen LogP contribution in [0, 0.1) is 0 Å². The lowest BCUT2D eigenvalue weighted by molar-refractivity contribution is -0.138. The van der Waals surface area contributed by atoms with Crippen LogP contribution in [-0.2, 0) is 4.79 Å². The maximum Gasteiger partial charge on any atom is 0.304 e. The molecule has 0 spiro atoms. The molecule has 5 heteroatoms. The van der Waals surface area contributed by atoms with Crippen molar-refractivity contribution in [3.63, 3.8) is 0 Å². The average molecular weight is 237 g/mol. The number of aliphatic carboxylic acids is 1. The molecule has 1 aromatic rings. The lowest BCUT2D eigenvalue weighted by Gasteiger charge is -2.32. The first kappa shape index (κ1) is 13.6. The van der Waals surface area contributed by atoms with E-state index >= 15 is 0 Å². The van der Waals surface area contributed by atoms with E-state index in [9.17, 15) is 4.79 Å². The molecule has 1 heterocycles. The minimum absolute atomic E-state index is 0.0190. The van der Waals surface area contributed by atoms with Crippen LogP contribution in [0.3, 0.4) is 0 Å². The molecule has 0 aliphatic rings. The average Bonchev–Trinajstić information content (AvgIpc) is 2.30. The zero-order valence-electron chi connectivity index (χ0n) is 10.5. The Bertz CT molecular complexity index is 356. The summed E-state index contributed by atoms with van der Waals surface area (Å²) in [5, 5.41) is 8.83. The van der Waals surface area contributed by atoms with E-state index in [1.54, 1.807) is 18.6 Å². The van der Waals surface area contributed by atoms with Gasteiger partial charge in [0.05, 0.1) is 18.2 Å². The van der Waals surface area contributed by atoms with Crippen molar-refractivity contribution in [1.82, 2.24) is 14.9 Å². The van der Waals surface area contributed by atoms with Gasteiger partial charge in [0.2, 0.25) is 0 Å². The highest BCUT2D eigenvalue weighted by molar-refractivity contribution is 5.67. The molecule has 1 aromatic heterocycles. The summed E-state index contributed by atoms with van der Waals surface area (Å²) in [5.41, 5.74) is 0.867. The van der Waals surface area contributed by atoms with Gasteiger partial charge >= 0.3 is 5.97 Å². The third-order valence-electron chi connectivity index (χ3n) is 2.91. The normalized spacial score (nSPS) is 14.6. The topological polar surface area (TPSA) is 66.3 Å². The fraction of sp³-hybridized carbons (Fsp3) is 0.583. The highest BCUT2D eigenvalue weighted by atomic mass is 16.4.